The quantitative estimate of drug-likeness (QED) is 0.336. The van der Waals surface area contributed by atoms with Gasteiger partial charge in [-0.3, -0.25) is 0 Å². The SMILES string of the molecule is CCCCCCCCCc1cc[c-]s1.[Cl][Zn+]. The molecule has 3 heteroatoms. The van der Waals surface area contributed by atoms with Crippen molar-refractivity contribution in [1.29, 1.82) is 0 Å². The van der Waals surface area contributed by atoms with Gasteiger partial charge >= 0.3 is 27.0 Å². The van der Waals surface area contributed by atoms with E-state index in [1.54, 1.807) is 11.3 Å². The second-order valence-electron chi connectivity index (χ2n) is 3.89. The summed E-state index contributed by atoms with van der Waals surface area (Å²) < 4.78 is 0. The van der Waals surface area contributed by atoms with Crippen LogP contribution in [-0.4, -0.2) is 0 Å². The van der Waals surface area contributed by atoms with Crippen LogP contribution >= 0.6 is 21.0 Å². The first-order valence-electron chi connectivity index (χ1n) is 6.15. The van der Waals surface area contributed by atoms with E-state index in [1.807, 2.05) is 6.07 Å². The number of thiophene rings is 1. The van der Waals surface area contributed by atoms with Gasteiger partial charge in [-0.15, -0.1) is 10.3 Å². The van der Waals surface area contributed by atoms with Crippen molar-refractivity contribution in [2.45, 2.75) is 58.3 Å². The normalized spacial score (nSPS) is 9.75. The maximum absolute atomic E-state index is 4.76. The molecule has 16 heavy (non-hydrogen) atoms. The van der Waals surface area contributed by atoms with Gasteiger partial charge in [0, 0.05) is 0 Å². The molecule has 88 valence electrons. The number of halogens is 1. The van der Waals surface area contributed by atoms with Gasteiger partial charge in [0.2, 0.25) is 0 Å². The van der Waals surface area contributed by atoms with Gasteiger partial charge in [-0.2, -0.15) is 6.07 Å². The van der Waals surface area contributed by atoms with E-state index >= 15 is 0 Å². The van der Waals surface area contributed by atoms with Crippen LogP contribution < -0.4 is 0 Å². The average Bonchev–Trinajstić information content (AvgIpc) is 2.84. The summed E-state index contributed by atoms with van der Waals surface area (Å²) in [6, 6.07) is 4.23. The Bertz CT molecular complexity index is 212. The fraction of sp³-hybridized carbons (Fsp3) is 0.692. The fourth-order valence-electron chi connectivity index (χ4n) is 1.66. The monoisotopic (exact) mass is 308 g/mol. The van der Waals surface area contributed by atoms with Crippen molar-refractivity contribution in [2.75, 3.05) is 0 Å². The van der Waals surface area contributed by atoms with Crippen LogP contribution in [0.1, 0.15) is 56.7 Å². The molecule has 0 spiro atoms. The molecule has 0 nitrogen and oxygen atoms in total. The van der Waals surface area contributed by atoms with Gasteiger partial charge in [0.1, 0.15) is 0 Å². The molecular formula is C13H21ClSZn. The first-order chi connectivity index (χ1) is 7.93. The summed E-state index contributed by atoms with van der Waals surface area (Å²) in [5.41, 5.74) is 0. The molecule has 0 radical (unpaired) electrons. The van der Waals surface area contributed by atoms with Crippen LogP contribution in [0.15, 0.2) is 12.1 Å². The molecule has 0 unspecified atom stereocenters. The molecule has 0 saturated heterocycles. The molecule has 0 aromatic carbocycles. The van der Waals surface area contributed by atoms with Crippen molar-refractivity contribution < 1.29 is 17.3 Å². The number of unbranched alkanes of at least 4 members (excludes halogenated alkanes) is 6. The fourth-order valence-corrected chi connectivity index (χ4v) is 2.33. The zero-order valence-corrected chi connectivity index (χ0v) is 14.8. The molecule has 0 aliphatic carbocycles. The molecule has 0 atom stereocenters. The van der Waals surface area contributed by atoms with E-state index in [0.717, 1.165) is 17.3 Å². The van der Waals surface area contributed by atoms with Crippen molar-refractivity contribution in [1.82, 2.24) is 0 Å². The van der Waals surface area contributed by atoms with E-state index in [4.69, 9.17) is 9.69 Å². The van der Waals surface area contributed by atoms with Crippen LogP contribution in [0.2, 0.25) is 0 Å². The number of hydrogen-bond acceptors (Lipinski definition) is 1. The molecule has 0 amide bonds. The summed E-state index contributed by atoms with van der Waals surface area (Å²) in [7, 11) is 4.76. The maximum atomic E-state index is 4.76. The van der Waals surface area contributed by atoms with Crippen LogP contribution in [0.4, 0.5) is 0 Å². The predicted molar refractivity (Wildman–Crippen MR) is 70.7 cm³/mol. The minimum atomic E-state index is 0.847. The van der Waals surface area contributed by atoms with E-state index in [9.17, 15) is 0 Å². The summed E-state index contributed by atoms with van der Waals surface area (Å²) in [5, 5.41) is 3.14. The Morgan fingerprint density at radius 1 is 1.12 bits per heavy atom. The molecule has 1 aromatic rings. The molecule has 0 aliphatic heterocycles. The third-order valence-corrected chi connectivity index (χ3v) is 3.41. The first kappa shape index (κ1) is 16.6. The van der Waals surface area contributed by atoms with E-state index in [1.165, 1.54) is 56.2 Å². The van der Waals surface area contributed by atoms with Crippen molar-refractivity contribution in [3.63, 3.8) is 0 Å². The third kappa shape index (κ3) is 9.81. The second-order valence-corrected chi connectivity index (χ2v) is 4.86. The van der Waals surface area contributed by atoms with Gasteiger partial charge in [0.25, 0.3) is 0 Å². The third-order valence-electron chi connectivity index (χ3n) is 2.55. The van der Waals surface area contributed by atoms with E-state index < -0.39 is 0 Å². The van der Waals surface area contributed by atoms with Gasteiger partial charge in [-0.25, -0.2) is 6.07 Å². The molecule has 0 bridgehead atoms. The van der Waals surface area contributed by atoms with Crippen LogP contribution in [0, 0.1) is 5.38 Å². The molecule has 1 aromatic heterocycles. The Hall–Kier alpha value is 0.613. The van der Waals surface area contributed by atoms with Crippen LogP contribution in [-0.2, 0) is 23.7 Å². The molecule has 0 saturated carbocycles. The minimum absolute atomic E-state index is 0.847. The summed E-state index contributed by atoms with van der Waals surface area (Å²) >= 11 is 2.62. The summed E-state index contributed by atoms with van der Waals surface area (Å²) in [5.74, 6) is 0. The van der Waals surface area contributed by atoms with Gasteiger partial charge in [0.05, 0.1) is 0 Å². The Morgan fingerprint density at radius 2 is 1.75 bits per heavy atom. The first-order valence-corrected chi connectivity index (χ1v) is 10.9. The summed E-state index contributed by atoms with van der Waals surface area (Å²) in [6.07, 6.45) is 11.1. The molecule has 1 rings (SSSR count). The molecule has 0 aliphatic rings. The number of rotatable bonds is 8. The van der Waals surface area contributed by atoms with E-state index in [0.29, 0.717) is 0 Å². The van der Waals surface area contributed by atoms with E-state index in [-0.39, 0.29) is 0 Å². The Balaban J connectivity index is 0.00000106. The topological polar surface area (TPSA) is 0 Å². The Labute approximate surface area is 119 Å². The van der Waals surface area contributed by atoms with Gasteiger partial charge < -0.3 is 11.3 Å². The van der Waals surface area contributed by atoms with Crippen molar-refractivity contribution >= 4 is 21.0 Å². The van der Waals surface area contributed by atoms with E-state index in [2.05, 4.69) is 18.4 Å². The van der Waals surface area contributed by atoms with Crippen molar-refractivity contribution in [2.24, 2.45) is 0 Å². The zero-order valence-electron chi connectivity index (χ0n) is 10.3. The standard InChI is InChI=1S/C13H21S.ClH.Zn/c1-2-3-4-5-6-7-8-10-13-11-9-12-14-13;;/h9,11H,2-8,10H2,1H3;1H;/q-1;;+2/p-1. The Morgan fingerprint density at radius 3 is 2.31 bits per heavy atom. The van der Waals surface area contributed by atoms with Crippen LogP contribution in [0.5, 0.6) is 0 Å². The van der Waals surface area contributed by atoms with Crippen molar-refractivity contribution in [3.8, 4) is 0 Å². The zero-order chi connectivity index (χ0) is 12.1. The predicted octanol–water partition coefficient (Wildman–Crippen LogP) is 5.53. The van der Waals surface area contributed by atoms with Gasteiger partial charge in [-0.1, -0.05) is 58.3 Å². The average molecular weight is 310 g/mol. The molecule has 0 N–H and O–H groups in total. The van der Waals surface area contributed by atoms with Crippen LogP contribution in [0.3, 0.4) is 0 Å². The van der Waals surface area contributed by atoms with Gasteiger partial charge in [-0.05, 0) is 0 Å². The van der Waals surface area contributed by atoms with Gasteiger partial charge in [0.15, 0.2) is 0 Å². The second kappa shape index (κ2) is 13.7. The number of hydrogen-bond donors (Lipinski definition) is 0. The summed E-state index contributed by atoms with van der Waals surface area (Å²) in [4.78, 5) is 1.50. The molecule has 0 fully saturated rings. The van der Waals surface area contributed by atoms with Crippen LogP contribution in [0.25, 0.3) is 0 Å². The Kier molecular flexibility index (Phi) is 14.2. The number of aryl methyl sites for hydroxylation is 1. The van der Waals surface area contributed by atoms with Crippen molar-refractivity contribution in [3.05, 3.63) is 22.4 Å². The molecule has 1 heterocycles. The molecular weight excluding hydrogens is 289 g/mol. The summed E-state index contributed by atoms with van der Waals surface area (Å²) in [6.45, 7) is 2.27.